The van der Waals surface area contributed by atoms with Crippen molar-refractivity contribution in [1.82, 2.24) is 5.32 Å². The average Bonchev–Trinajstić information content (AvgIpc) is 2.07. The molecule has 2 aliphatic heterocycles. The number of ether oxygens (including phenoxy) is 4. The normalized spacial score (nSPS) is 23.4. The number of aliphatic hydroxyl groups excluding tert-OH is 8. The maximum atomic E-state index is 13.3. The van der Waals surface area contributed by atoms with E-state index in [1.54, 1.807) is 6.08 Å². The van der Waals surface area contributed by atoms with Crippen molar-refractivity contribution in [3.8, 4) is 0 Å². The van der Waals surface area contributed by atoms with Crippen molar-refractivity contribution < 1.29 is 64.6 Å². The molecule has 0 saturated carbocycles. The molecule has 9 N–H and O–H groups in total. The number of amides is 1. The Labute approximate surface area is 537 Å². The molecule has 0 bridgehead atoms. The van der Waals surface area contributed by atoms with E-state index < -0.39 is 86.8 Å². The quantitative estimate of drug-likeness (QED) is 0.0204. The highest BCUT2D eigenvalue weighted by atomic mass is 16.7. The third kappa shape index (κ3) is 42.2. The SMILES string of the molecule is CCCCCCC/C=C\C/C=C\C/C=C\CCCCCCCCCCCCC(=O)NC(COC1OC(CO)C(OC2OC(CO)C(O)C(O)C2O)C(O)C1O)C(O)/C=C/CCCCCCCCCCCCCCCCCCCCCCCCCCCCC. The van der Waals surface area contributed by atoms with Crippen LogP contribution in [0.1, 0.15) is 322 Å². The standard InChI is InChI=1S/C74H137NO13/c1-3-5-7-9-11-13-15-17-19-21-23-25-27-29-30-31-32-34-35-37-39-41-43-45-47-49-51-53-55-57-63(78)62(61-85-73-71(84)69(82)72(65(60-77)87-73)88-74-70(83)68(81)67(80)64(59-76)86-74)75-66(79)58-56-54-52-50-48-46-44-42-40-38-36-33-28-26-24-22-20-18-16-14-12-10-8-6-4-2/h16,18,22,24,28,33,55,57,62-65,67-74,76-78,80-84H,3-15,17,19-21,23,25-27,29-32,34-54,56,58-61H2,1-2H3,(H,75,79)/b18-16-,24-22-,33-28-,57-55+. The highest BCUT2D eigenvalue weighted by molar-refractivity contribution is 5.76. The Balaban J connectivity index is 1.67. The summed E-state index contributed by atoms with van der Waals surface area (Å²) < 4.78 is 22.9. The molecule has 12 atom stereocenters. The minimum Gasteiger partial charge on any atom is -0.394 e. The first-order valence-electron chi connectivity index (χ1n) is 36.9. The van der Waals surface area contributed by atoms with Crippen LogP contribution < -0.4 is 5.32 Å². The molecular formula is C74H137NO13. The molecule has 0 aromatic carbocycles. The zero-order chi connectivity index (χ0) is 63.8. The average molecular weight is 1250 g/mol. The number of allylic oxidation sites excluding steroid dienone is 7. The van der Waals surface area contributed by atoms with Gasteiger partial charge in [0.05, 0.1) is 32.0 Å². The van der Waals surface area contributed by atoms with Gasteiger partial charge in [-0.3, -0.25) is 4.79 Å². The third-order valence-corrected chi connectivity index (χ3v) is 18.0. The van der Waals surface area contributed by atoms with Crippen molar-refractivity contribution in [1.29, 1.82) is 0 Å². The van der Waals surface area contributed by atoms with Gasteiger partial charge in [-0.2, -0.15) is 0 Å². The van der Waals surface area contributed by atoms with Crippen LogP contribution in [0.3, 0.4) is 0 Å². The lowest BCUT2D eigenvalue weighted by molar-refractivity contribution is -0.359. The lowest BCUT2D eigenvalue weighted by atomic mass is 9.97. The van der Waals surface area contributed by atoms with E-state index in [2.05, 4.69) is 55.6 Å². The van der Waals surface area contributed by atoms with E-state index in [0.29, 0.717) is 6.42 Å². The van der Waals surface area contributed by atoms with Gasteiger partial charge in [0.15, 0.2) is 12.6 Å². The number of nitrogens with one attached hydrogen (secondary N) is 1. The second-order valence-electron chi connectivity index (χ2n) is 26.1. The maximum absolute atomic E-state index is 13.3. The molecule has 12 unspecified atom stereocenters. The Bertz CT molecular complexity index is 1660. The van der Waals surface area contributed by atoms with Crippen LogP contribution >= 0.6 is 0 Å². The van der Waals surface area contributed by atoms with Gasteiger partial charge in [0.25, 0.3) is 0 Å². The number of carbonyl (C=O) groups is 1. The maximum Gasteiger partial charge on any atom is 0.220 e. The Kier molecular flexibility index (Phi) is 54.8. The Morgan fingerprint density at radius 2 is 0.750 bits per heavy atom. The van der Waals surface area contributed by atoms with E-state index in [1.165, 1.54) is 238 Å². The van der Waals surface area contributed by atoms with Crippen LogP contribution in [0.5, 0.6) is 0 Å². The summed E-state index contributed by atoms with van der Waals surface area (Å²) >= 11 is 0. The Hall–Kier alpha value is -2.05. The molecule has 0 aromatic rings. The lowest BCUT2D eigenvalue weighted by Crippen LogP contribution is -2.65. The van der Waals surface area contributed by atoms with Gasteiger partial charge >= 0.3 is 0 Å². The monoisotopic (exact) mass is 1250 g/mol. The van der Waals surface area contributed by atoms with Gasteiger partial charge in [-0.1, -0.05) is 306 Å². The molecule has 0 spiro atoms. The van der Waals surface area contributed by atoms with Gasteiger partial charge in [0, 0.05) is 6.42 Å². The molecule has 516 valence electrons. The van der Waals surface area contributed by atoms with E-state index in [1.807, 2.05) is 6.08 Å². The number of hydrogen-bond acceptors (Lipinski definition) is 13. The van der Waals surface area contributed by atoms with Crippen molar-refractivity contribution in [2.45, 2.75) is 396 Å². The molecule has 0 radical (unpaired) electrons. The van der Waals surface area contributed by atoms with Crippen LogP contribution in [0, 0.1) is 0 Å². The fourth-order valence-corrected chi connectivity index (χ4v) is 12.1. The smallest absolute Gasteiger partial charge is 0.220 e. The van der Waals surface area contributed by atoms with Gasteiger partial charge in [-0.05, 0) is 57.8 Å². The number of aliphatic hydroxyl groups is 8. The largest absolute Gasteiger partial charge is 0.394 e. The van der Waals surface area contributed by atoms with Crippen molar-refractivity contribution in [3.63, 3.8) is 0 Å². The predicted octanol–water partition coefficient (Wildman–Crippen LogP) is 15.5. The number of rotatable bonds is 61. The van der Waals surface area contributed by atoms with E-state index in [-0.39, 0.29) is 18.9 Å². The van der Waals surface area contributed by atoms with E-state index in [0.717, 1.165) is 57.8 Å². The van der Waals surface area contributed by atoms with Gasteiger partial charge in [0.2, 0.25) is 5.91 Å². The summed E-state index contributed by atoms with van der Waals surface area (Å²) in [5, 5.41) is 87.5. The molecule has 1 amide bonds. The first-order chi connectivity index (χ1) is 43.1. The van der Waals surface area contributed by atoms with Gasteiger partial charge < -0.3 is 65.1 Å². The summed E-state index contributed by atoms with van der Waals surface area (Å²) in [5.41, 5.74) is 0. The van der Waals surface area contributed by atoms with Crippen LogP contribution in [0.15, 0.2) is 48.6 Å². The second-order valence-corrected chi connectivity index (χ2v) is 26.1. The van der Waals surface area contributed by atoms with E-state index in [4.69, 9.17) is 18.9 Å². The van der Waals surface area contributed by atoms with Crippen molar-refractivity contribution in [2.75, 3.05) is 19.8 Å². The Morgan fingerprint density at radius 3 is 1.15 bits per heavy atom. The summed E-state index contributed by atoms with van der Waals surface area (Å²) in [6.45, 7) is 2.83. The summed E-state index contributed by atoms with van der Waals surface area (Å²) in [4.78, 5) is 13.3. The van der Waals surface area contributed by atoms with E-state index in [9.17, 15) is 45.6 Å². The van der Waals surface area contributed by atoms with Crippen LogP contribution in [0.2, 0.25) is 0 Å². The zero-order valence-electron chi connectivity index (χ0n) is 56.2. The lowest BCUT2D eigenvalue weighted by Gasteiger charge is -2.46. The Morgan fingerprint density at radius 1 is 0.409 bits per heavy atom. The predicted molar refractivity (Wildman–Crippen MR) is 360 cm³/mol. The molecule has 14 heteroatoms. The molecule has 2 aliphatic rings. The van der Waals surface area contributed by atoms with Gasteiger partial charge in [-0.15, -0.1) is 0 Å². The minimum absolute atomic E-state index is 0.240. The highest BCUT2D eigenvalue weighted by Gasteiger charge is 2.51. The van der Waals surface area contributed by atoms with Crippen LogP contribution in [0.25, 0.3) is 0 Å². The fraction of sp³-hybridized carbons (Fsp3) is 0.878. The minimum atomic E-state index is -1.79. The molecule has 14 nitrogen and oxygen atoms in total. The molecule has 2 rings (SSSR count). The van der Waals surface area contributed by atoms with Crippen LogP contribution in [-0.2, 0) is 23.7 Å². The van der Waals surface area contributed by atoms with Crippen LogP contribution in [-0.4, -0.2) is 140 Å². The van der Waals surface area contributed by atoms with Crippen LogP contribution in [0.4, 0.5) is 0 Å². The number of unbranched alkanes of at least 4 members (excludes halogenated alkanes) is 42. The molecule has 0 aromatic heterocycles. The second kappa shape index (κ2) is 58.7. The molecule has 88 heavy (non-hydrogen) atoms. The summed E-state index contributed by atoms with van der Waals surface area (Å²) in [6, 6.07) is -0.920. The van der Waals surface area contributed by atoms with Gasteiger partial charge in [0.1, 0.15) is 48.8 Å². The molecule has 2 fully saturated rings. The fourth-order valence-electron chi connectivity index (χ4n) is 12.1. The van der Waals surface area contributed by atoms with Crippen molar-refractivity contribution in [3.05, 3.63) is 48.6 Å². The van der Waals surface area contributed by atoms with Crippen molar-refractivity contribution in [2.24, 2.45) is 0 Å². The first-order valence-corrected chi connectivity index (χ1v) is 36.9. The number of hydrogen-bond donors (Lipinski definition) is 9. The molecule has 2 saturated heterocycles. The summed E-state index contributed by atoms with van der Waals surface area (Å²) in [5.74, 6) is -0.240. The molecule has 2 heterocycles. The highest BCUT2D eigenvalue weighted by Crippen LogP contribution is 2.30. The molecule has 0 aliphatic carbocycles. The first kappa shape index (κ1) is 82.0. The molecular weight excluding hydrogens is 1110 g/mol. The van der Waals surface area contributed by atoms with Crippen molar-refractivity contribution >= 4 is 5.91 Å². The van der Waals surface area contributed by atoms with Gasteiger partial charge in [-0.25, -0.2) is 0 Å². The summed E-state index contributed by atoms with van der Waals surface area (Å²) in [6.07, 6.45) is 60.2. The topological polar surface area (TPSA) is 228 Å². The number of carbonyl (C=O) groups excluding carboxylic acids is 1. The zero-order valence-corrected chi connectivity index (χ0v) is 56.2. The third-order valence-electron chi connectivity index (χ3n) is 18.0. The van der Waals surface area contributed by atoms with E-state index >= 15 is 0 Å². The summed E-state index contributed by atoms with van der Waals surface area (Å²) in [7, 11) is 0.